The smallest absolute Gasteiger partial charge is 0.221 e. The second-order valence-electron chi connectivity index (χ2n) is 8.80. The summed E-state index contributed by atoms with van der Waals surface area (Å²) in [5, 5.41) is 17.7. The van der Waals surface area contributed by atoms with Crippen LogP contribution in [0.3, 0.4) is 0 Å². The molecule has 2 aliphatic heterocycles. The number of hydrogen-bond acceptors (Lipinski definition) is 7. The van der Waals surface area contributed by atoms with Crippen molar-refractivity contribution in [3.63, 3.8) is 0 Å². The van der Waals surface area contributed by atoms with Gasteiger partial charge in [-0.1, -0.05) is 32.1 Å². The predicted octanol–water partition coefficient (Wildman–Crippen LogP) is 3.60. The molecule has 5 N–H and O–H groups in total. The summed E-state index contributed by atoms with van der Waals surface area (Å²) in [7, 11) is 0. The summed E-state index contributed by atoms with van der Waals surface area (Å²) in [5.74, 6) is 1.50. The number of fused-ring (bicyclic) bond motifs is 1. The number of rotatable bonds is 7. The van der Waals surface area contributed by atoms with E-state index >= 15 is 0 Å². The Hall–Kier alpha value is -4.53. The first-order chi connectivity index (χ1) is 17.4. The van der Waals surface area contributed by atoms with Crippen molar-refractivity contribution in [1.29, 1.82) is 0 Å². The van der Waals surface area contributed by atoms with Gasteiger partial charge < -0.3 is 21.7 Å². The molecule has 1 aromatic carbocycles. The standard InChI is InChI=1S/C27H30N8O/c1-17(2)20-11-27(35-31-16-20)34-26-9-8-24-25(33-26)10-21(15-30-24)22(12-28)14-29-13-19-4-6-23(7-5-19)32-18(3)36/h4-12,14-17,24,30H,13,28H2,1-3H3,(H,32,36)(H,33,34,35). The molecule has 0 bridgehead atoms. The summed E-state index contributed by atoms with van der Waals surface area (Å²) < 4.78 is 0. The quantitative estimate of drug-likeness (QED) is 0.446. The van der Waals surface area contributed by atoms with Crippen LogP contribution in [0.15, 0.2) is 94.0 Å². The molecule has 184 valence electrons. The SMILES string of the molecule is CC(=O)Nc1ccc(CN=CC(=CN)C2=CNC3C=CC(=Nc4cc(C(C)C)cnn4)NC3=C2)cc1. The molecule has 0 fully saturated rings. The number of amidine groups is 1. The maximum Gasteiger partial charge on any atom is 0.221 e. The number of hydrogen-bond donors (Lipinski definition) is 4. The Bertz CT molecular complexity index is 1300. The Kier molecular flexibility index (Phi) is 7.69. The first-order valence-corrected chi connectivity index (χ1v) is 11.7. The van der Waals surface area contributed by atoms with Crippen LogP contribution in [0, 0.1) is 0 Å². The predicted molar refractivity (Wildman–Crippen MR) is 144 cm³/mol. The normalized spacial score (nSPS) is 18.4. The molecular formula is C27H30N8O. The van der Waals surface area contributed by atoms with Gasteiger partial charge in [0.1, 0.15) is 5.84 Å². The lowest BCUT2D eigenvalue weighted by atomic mass is 9.99. The van der Waals surface area contributed by atoms with Crippen molar-refractivity contribution in [2.45, 2.75) is 39.3 Å². The Morgan fingerprint density at radius 2 is 2.08 bits per heavy atom. The number of nitrogens with zero attached hydrogens (tertiary/aromatic N) is 4. The van der Waals surface area contributed by atoms with Crippen molar-refractivity contribution in [2.24, 2.45) is 15.7 Å². The van der Waals surface area contributed by atoms with Crippen LogP contribution in [-0.4, -0.2) is 34.2 Å². The summed E-state index contributed by atoms with van der Waals surface area (Å²) >= 11 is 0. The fourth-order valence-electron chi connectivity index (χ4n) is 3.67. The first-order valence-electron chi connectivity index (χ1n) is 11.7. The van der Waals surface area contributed by atoms with E-state index in [1.165, 1.54) is 13.1 Å². The van der Waals surface area contributed by atoms with Gasteiger partial charge in [0.25, 0.3) is 0 Å². The number of aliphatic imine (C=N–C) groups is 2. The summed E-state index contributed by atoms with van der Waals surface area (Å²) in [4.78, 5) is 20.3. The third-order valence-electron chi connectivity index (χ3n) is 5.64. The summed E-state index contributed by atoms with van der Waals surface area (Å²) in [6.07, 6.45) is 13.0. The van der Waals surface area contributed by atoms with E-state index in [1.54, 1.807) is 12.4 Å². The van der Waals surface area contributed by atoms with E-state index in [9.17, 15) is 4.79 Å². The van der Waals surface area contributed by atoms with E-state index in [0.29, 0.717) is 24.1 Å². The highest BCUT2D eigenvalue weighted by Crippen LogP contribution is 2.21. The number of nitrogens with two attached hydrogens (primary N) is 1. The molecule has 1 aromatic heterocycles. The molecule has 1 atom stereocenters. The van der Waals surface area contributed by atoms with Gasteiger partial charge in [0.15, 0.2) is 5.82 Å². The molecule has 0 saturated carbocycles. The number of amides is 1. The zero-order valence-electron chi connectivity index (χ0n) is 20.6. The van der Waals surface area contributed by atoms with E-state index < -0.39 is 0 Å². The largest absolute Gasteiger partial charge is 0.404 e. The molecule has 36 heavy (non-hydrogen) atoms. The van der Waals surface area contributed by atoms with Crippen LogP contribution in [-0.2, 0) is 11.3 Å². The van der Waals surface area contributed by atoms with Crippen LogP contribution in [0.1, 0.15) is 37.8 Å². The van der Waals surface area contributed by atoms with Crippen LogP contribution in [0.5, 0.6) is 0 Å². The molecule has 9 heteroatoms. The average molecular weight is 483 g/mol. The lowest BCUT2D eigenvalue weighted by Crippen LogP contribution is -2.40. The van der Waals surface area contributed by atoms with Crippen LogP contribution in [0.2, 0.25) is 0 Å². The fourth-order valence-corrected chi connectivity index (χ4v) is 3.67. The van der Waals surface area contributed by atoms with Gasteiger partial charge >= 0.3 is 0 Å². The van der Waals surface area contributed by atoms with Gasteiger partial charge in [-0.25, -0.2) is 4.99 Å². The van der Waals surface area contributed by atoms with E-state index in [0.717, 1.165) is 33.7 Å². The van der Waals surface area contributed by atoms with E-state index in [-0.39, 0.29) is 11.9 Å². The van der Waals surface area contributed by atoms with Crippen molar-refractivity contribution in [3.8, 4) is 0 Å². The summed E-state index contributed by atoms with van der Waals surface area (Å²) in [6.45, 7) is 6.20. The van der Waals surface area contributed by atoms with E-state index in [4.69, 9.17) is 5.73 Å². The minimum Gasteiger partial charge on any atom is -0.404 e. The average Bonchev–Trinajstić information content (AvgIpc) is 2.87. The molecule has 0 radical (unpaired) electrons. The first kappa shape index (κ1) is 24.6. The zero-order chi connectivity index (χ0) is 25.5. The lowest BCUT2D eigenvalue weighted by Gasteiger charge is -2.27. The van der Waals surface area contributed by atoms with Gasteiger partial charge in [-0.05, 0) is 47.4 Å². The van der Waals surface area contributed by atoms with Crippen LogP contribution in [0.25, 0.3) is 0 Å². The third-order valence-corrected chi connectivity index (χ3v) is 5.64. The molecule has 0 saturated heterocycles. The molecular weight excluding hydrogens is 452 g/mol. The Balaban J connectivity index is 1.43. The van der Waals surface area contributed by atoms with Gasteiger partial charge in [-0.2, -0.15) is 5.10 Å². The molecule has 3 heterocycles. The van der Waals surface area contributed by atoms with Crippen molar-refractivity contribution in [1.82, 2.24) is 20.8 Å². The molecule has 0 spiro atoms. The van der Waals surface area contributed by atoms with Crippen LogP contribution < -0.4 is 21.7 Å². The van der Waals surface area contributed by atoms with Gasteiger partial charge in [-0.15, -0.1) is 5.10 Å². The molecule has 0 aliphatic carbocycles. The van der Waals surface area contributed by atoms with Gasteiger partial charge in [-0.3, -0.25) is 9.79 Å². The summed E-state index contributed by atoms with van der Waals surface area (Å²) in [6, 6.07) is 9.54. The summed E-state index contributed by atoms with van der Waals surface area (Å²) in [5.41, 5.74) is 11.4. The molecule has 4 rings (SSSR count). The number of nitrogens with one attached hydrogen (secondary N) is 3. The van der Waals surface area contributed by atoms with Crippen molar-refractivity contribution in [2.75, 3.05) is 5.32 Å². The number of allylic oxidation sites excluding steroid dienone is 3. The highest BCUT2D eigenvalue weighted by atomic mass is 16.1. The highest BCUT2D eigenvalue weighted by molar-refractivity contribution is 5.97. The minimum absolute atomic E-state index is 0.0128. The van der Waals surface area contributed by atoms with Crippen molar-refractivity contribution < 1.29 is 4.79 Å². The monoisotopic (exact) mass is 482 g/mol. The maximum absolute atomic E-state index is 11.2. The molecule has 1 unspecified atom stereocenters. The van der Waals surface area contributed by atoms with E-state index in [1.807, 2.05) is 54.8 Å². The van der Waals surface area contributed by atoms with Gasteiger partial charge in [0.2, 0.25) is 5.91 Å². The Labute approximate surface area is 210 Å². The number of carbonyl (C=O) groups excluding carboxylic acids is 1. The number of aromatic nitrogens is 2. The van der Waals surface area contributed by atoms with Crippen LogP contribution >= 0.6 is 0 Å². The number of anilines is 1. The Morgan fingerprint density at radius 1 is 1.28 bits per heavy atom. The van der Waals surface area contributed by atoms with Gasteiger partial charge in [0.05, 0.1) is 18.8 Å². The Morgan fingerprint density at radius 3 is 2.81 bits per heavy atom. The molecule has 1 amide bonds. The number of dihydropyridines is 1. The second-order valence-corrected chi connectivity index (χ2v) is 8.80. The molecule has 9 nitrogen and oxygen atoms in total. The molecule has 2 aliphatic rings. The van der Waals surface area contributed by atoms with Gasteiger partial charge in [0, 0.05) is 48.1 Å². The number of benzene rings is 1. The third kappa shape index (κ3) is 6.32. The topological polar surface area (TPSA) is 130 Å². The lowest BCUT2D eigenvalue weighted by molar-refractivity contribution is -0.114. The maximum atomic E-state index is 11.2. The molecule has 2 aromatic rings. The number of carbonyl (C=O) groups is 1. The minimum atomic E-state index is -0.0976. The van der Waals surface area contributed by atoms with E-state index in [2.05, 4.69) is 50.0 Å². The second kappa shape index (κ2) is 11.3. The van der Waals surface area contributed by atoms with Crippen LogP contribution in [0.4, 0.5) is 11.5 Å². The fraction of sp³-hybridized carbons (Fsp3) is 0.222. The zero-order valence-corrected chi connectivity index (χ0v) is 20.6. The van der Waals surface area contributed by atoms with Crippen molar-refractivity contribution in [3.05, 3.63) is 95.1 Å². The van der Waals surface area contributed by atoms with Crippen molar-refractivity contribution >= 4 is 29.5 Å². The highest BCUT2D eigenvalue weighted by Gasteiger charge is 2.21.